The quantitative estimate of drug-likeness (QED) is 0.856. The molecule has 0 atom stereocenters. The van der Waals surface area contributed by atoms with E-state index in [0.29, 0.717) is 16.6 Å². The number of aryl methyl sites for hydroxylation is 1. The molecule has 1 aromatic carbocycles. The summed E-state index contributed by atoms with van der Waals surface area (Å²) in [4.78, 5) is 0. The van der Waals surface area contributed by atoms with Crippen molar-refractivity contribution in [3.63, 3.8) is 0 Å². The SMILES string of the molecule is N#CCCc1cn(-c2cc(Br)cc(C(F)(F)F)c2)nn1. The highest BCUT2D eigenvalue weighted by atomic mass is 79.9. The van der Waals surface area contributed by atoms with Gasteiger partial charge in [0.15, 0.2) is 0 Å². The van der Waals surface area contributed by atoms with Crippen molar-refractivity contribution in [2.24, 2.45) is 0 Å². The highest BCUT2D eigenvalue weighted by molar-refractivity contribution is 9.10. The molecule has 2 aromatic rings. The summed E-state index contributed by atoms with van der Waals surface area (Å²) in [6.07, 6.45) is -2.22. The zero-order valence-electron chi connectivity index (χ0n) is 10.0. The molecule has 4 nitrogen and oxygen atoms in total. The van der Waals surface area contributed by atoms with Gasteiger partial charge in [-0.2, -0.15) is 18.4 Å². The molecule has 0 N–H and O–H groups in total. The first-order chi connectivity index (χ1) is 9.40. The molecule has 20 heavy (non-hydrogen) atoms. The number of hydrogen-bond acceptors (Lipinski definition) is 3. The standard InChI is InChI=1S/C12H8BrF3N4/c13-9-4-8(12(14,15)16)5-11(6-9)20-7-10(18-19-20)2-1-3-17/h4-7H,1-2H2. The van der Waals surface area contributed by atoms with Crippen molar-refractivity contribution in [2.45, 2.75) is 19.0 Å². The van der Waals surface area contributed by atoms with E-state index in [4.69, 9.17) is 5.26 Å². The number of nitriles is 1. The predicted octanol–water partition coefficient (Wildman–Crippen LogP) is 3.50. The zero-order chi connectivity index (χ0) is 14.8. The minimum Gasteiger partial charge on any atom is -0.220 e. The maximum Gasteiger partial charge on any atom is 0.416 e. The molecule has 0 bridgehead atoms. The molecule has 1 heterocycles. The lowest BCUT2D eigenvalue weighted by Gasteiger charge is -2.09. The van der Waals surface area contributed by atoms with Crippen molar-refractivity contribution in [1.29, 1.82) is 5.26 Å². The lowest BCUT2D eigenvalue weighted by molar-refractivity contribution is -0.137. The summed E-state index contributed by atoms with van der Waals surface area (Å²) < 4.78 is 39.8. The minimum atomic E-state index is -4.43. The highest BCUT2D eigenvalue weighted by Crippen LogP contribution is 2.32. The Morgan fingerprint density at radius 3 is 2.70 bits per heavy atom. The predicted molar refractivity (Wildman–Crippen MR) is 68.0 cm³/mol. The summed E-state index contributed by atoms with van der Waals surface area (Å²) in [5, 5.41) is 16.1. The van der Waals surface area contributed by atoms with E-state index < -0.39 is 11.7 Å². The number of nitrogens with zero attached hydrogens (tertiary/aromatic N) is 4. The van der Waals surface area contributed by atoms with Gasteiger partial charge in [0.25, 0.3) is 0 Å². The van der Waals surface area contributed by atoms with Gasteiger partial charge in [-0.1, -0.05) is 21.1 Å². The van der Waals surface area contributed by atoms with Gasteiger partial charge in [0.05, 0.1) is 29.2 Å². The fourth-order valence-corrected chi connectivity index (χ4v) is 2.07. The lowest BCUT2D eigenvalue weighted by atomic mass is 10.2. The van der Waals surface area contributed by atoms with Crippen molar-refractivity contribution in [3.8, 4) is 11.8 Å². The molecule has 0 aliphatic rings. The van der Waals surface area contributed by atoms with E-state index in [0.717, 1.165) is 12.1 Å². The molecule has 0 spiro atoms. The van der Waals surface area contributed by atoms with E-state index in [1.54, 1.807) is 0 Å². The van der Waals surface area contributed by atoms with E-state index in [1.165, 1.54) is 16.9 Å². The molecular weight excluding hydrogens is 337 g/mol. The highest BCUT2D eigenvalue weighted by Gasteiger charge is 2.31. The fraction of sp³-hybridized carbons (Fsp3) is 0.250. The van der Waals surface area contributed by atoms with E-state index in [-0.39, 0.29) is 12.1 Å². The molecule has 2 rings (SSSR count). The van der Waals surface area contributed by atoms with E-state index in [2.05, 4.69) is 26.2 Å². The van der Waals surface area contributed by atoms with Gasteiger partial charge in [0.1, 0.15) is 0 Å². The van der Waals surface area contributed by atoms with Crippen LogP contribution < -0.4 is 0 Å². The molecule has 0 unspecified atom stereocenters. The van der Waals surface area contributed by atoms with Crippen molar-refractivity contribution in [2.75, 3.05) is 0 Å². The van der Waals surface area contributed by atoms with E-state index >= 15 is 0 Å². The normalized spacial score (nSPS) is 11.3. The summed E-state index contributed by atoms with van der Waals surface area (Å²) in [5.74, 6) is 0. The number of benzene rings is 1. The molecular formula is C12H8BrF3N4. The van der Waals surface area contributed by atoms with Gasteiger partial charge in [0.2, 0.25) is 0 Å². The van der Waals surface area contributed by atoms with Gasteiger partial charge in [-0.3, -0.25) is 0 Å². The topological polar surface area (TPSA) is 54.5 Å². The van der Waals surface area contributed by atoms with Crippen molar-refractivity contribution in [1.82, 2.24) is 15.0 Å². The monoisotopic (exact) mass is 344 g/mol. The summed E-state index contributed by atoms with van der Waals surface area (Å²) >= 11 is 3.05. The van der Waals surface area contributed by atoms with Crippen LogP contribution in [-0.2, 0) is 12.6 Å². The summed E-state index contributed by atoms with van der Waals surface area (Å²) in [6, 6.07) is 5.47. The molecule has 0 fully saturated rings. The number of aromatic nitrogens is 3. The molecule has 0 aliphatic heterocycles. The Kier molecular flexibility index (Phi) is 4.09. The van der Waals surface area contributed by atoms with Gasteiger partial charge in [-0.05, 0) is 18.2 Å². The second-order valence-corrected chi connectivity index (χ2v) is 4.92. The van der Waals surface area contributed by atoms with Gasteiger partial charge in [-0.25, -0.2) is 4.68 Å². The van der Waals surface area contributed by atoms with Crippen LogP contribution >= 0.6 is 15.9 Å². The van der Waals surface area contributed by atoms with E-state index in [1.807, 2.05) is 6.07 Å². The van der Waals surface area contributed by atoms with Crippen LogP contribution in [0.25, 0.3) is 5.69 Å². The Bertz CT molecular complexity index is 657. The van der Waals surface area contributed by atoms with Crippen LogP contribution in [0.1, 0.15) is 17.7 Å². The third kappa shape index (κ3) is 3.36. The van der Waals surface area contributed by atoms with E-state index in [9.17, 15) is 13.2 Å². The van der Waals surface area contributed by atoms with Gasteiger partial charge < -0.3 is 0 Å². The van der Waals surface area contributed by atoms with Gasteiger partial charge >= 0.3 is 6.18 Å². The van der Waals surface area contributed by atoms with Crippen molar-refractivity contribution in [3.05, 3.63) is 40.1 Å². The summed E-state index contributed by atoms with van der Waals surface area (Å²) in [5.41, 5.74) is 0.0402. The maximum absolute atomic E-state index is 12.7. The first-order valence-electron chi connectivity index (χ1n) is 5.56. The summed E-state index contributed by atoms with van der Waals surface area (Å²) in [6.45, 7) is 0. The third-order valence-corrected chi connectivity index (χ3v) is 2.97. The fourth-order valence-electron chi connectivity index (χ4n) is 1.59. The second-order valence-electron chi connectivity index (χ2n) is 4.01. The molecule has 8 heteroatoms. The van der Waals surface area contributed by atoms with Crippen LogP contribution in [0.5, 0.6) is 0 Å². The second kappa shape index (κ2) is 5.63. The Labute approximate surface area is 121 Å². The number of hydrogen-bond donors (Lipinski definition) is 0. The van der Waals surface area contributed by atoms with Gasteiger partial charge in [0, 0.05) is 17.3 Å². The molecule has 0 radical (unpaired) electrons. The molecule has 0 saturated heterocycles. The smallest absolute Gasteiger partial charge is 0.220 e. The lowest BCUT2D eigenvalue weighted by Crippen LogP contribution is -2.06. The molecule has 1 aromatic heterocycles. The Morgan fingerprint density at radius 1 is 1.30 bits per heavy atom. The van der Waals surface area contributed by atoms with Crippen LogP contribution in [0.15, 0.2) is 28.9 Å². The molecule has 0 amide bonds. The zero-order valence-corrected chi connectivity index (χ0v) is 11.6. The van der Waals surface area contributed by atoms with Crippen LogP contribution in [0, 0.1) is 11.3 Å². The van der Waals surface area contributed by atoms with Crippen LogP contribution in [0.2, 0.25) is 0 Å². The average molecular weight is 345 g/mol. The van der Waals surface area contributed by atoms with Crippen LogP contribution in [0.4, 0.5) is 13.2 Å². The Balaban J connectivity index is 2.35. The number of halogens is 4. The third-order valence-electron chi connectivity index (χ3n) is 2.51. The number of rotatable bonds is 3. The Morgan fingerprint density at radius 2 is 2.05 bits per heavy atom. The molecule has 0 saturated carbocycles. The van der Waals surface area contributed by atoms with Crippen LogP contribution in [-0.4, -0.2) is 15.0 Å². The van der Waals surface area contributed by atoms with Crippen molar-refractivity contribution >= 4 is 15.9 Å². The maximum atomic E-state index is 12.7. The summed E-state index contributed by atoms with van der Waals surface area (Å²) in [7, 11) is 0. The average Bonchev–Trinajstić information content (AvgIpc) is 2.83. The first kappa shape index (κ1) is 14.5. The van der Waals surface area contributed by atoms with Crippen molar-refractivity contribution < 1.29 is 13.2 Å². The van der Waals surface area contributed by atoms with Gasteiger partial charge in [-0.15, -0.1) is 5.10 Å². The largest absolute Gasteiger partial charge is 0.416 e. The van der Waals surface area contributed by atoms with Crippen LogP contribution in [0.3, 0.4) is 0 Å². The number of alkyl halides is 3. The Hall–Kier alpha value is -1.88. The first-order valence-corrected chi connectivity index (χ1v) is 6.36. The molecule has 0 aliphatic carbocycles. The minimum absolute atomic E-state index is 0.252. The molecule has 104 valence electrons.